The minimum absolute atomic E-state index is 0.154. The Morgan fingerprint density at radius 1 is 1.43 bits per heavy atom. The number of aliphatic hydroxyl groups excluding tert-OH is 1. The van der Waals surface area contributed by atoms with E-state index in [1.807, 2.05) is 18.2 Å². The zero-order valence-corrected chi connectivity index (χ0v) is 9.42. The summed E-state index contributed by atoms with van der Waals surface area (Å²) in [5.41, 5.74) is 1.50. The van der Waals surface area contributed by atoms with E-state index >= 15 is 0 Å². The Morgan fingerprint density at radius 2 is 2.21 bits per heavy atom. The lowest BCUT2D eigenvalue weighted by molar-refractivity contribution is -0.0248. The van der Waals surface area contributed by atoms with Crippen molar-refractivity contribution in [2.75, 3.05) is 6.61 Å². The van der Waals surface area contributed by atoms with Gasteiger partial charge in [-0.1, -0.05) is 28.1 Å². The second-order valence-corrected chi connectivity index (χ2v) is 4.79. The lowest BCUT2D eigenvalue weighted by Gasteiger charge is -2.32. The number of rotatable bonds is 1. The van der Waals surface area contributed by atoms with E-state index in [-0.39, 0.29) is 6.61 Å². The number of hydrogen-bond acceptors (Lipinski definition) is 2. The minimum Gasteiger partial charge on any atom is -0.393 e. The van der Waals surface area contributed by atoms with E-state index in [9.17, 15) is 5.11 Å². The standard InChI is InChI=1S/C11H13BrO2/c12-10-3-1-2-8-6-11(14,7-13)5-4-9(8)10/h1-3,13-14H,4-7H2. The van der Waals surface area contributed by atoms with E-state index in [4.69, 9.17) is 5.11 Å². The van der Waals surface area contributed by atoms with Crippen molar-refractivity contribution < 1.29 is 10.2 Å². The molecule has 0 radical (unpaired) electrons. The molecule has 3 heteroatoms. The fraction of sp³-hybridized carbons (Fsp3) is 0.455. The van der Waals surface area contributed by atoms with Crippen LogP contribution in [0.25, 0.3) is 0 Å². The molecule has 14 heavy (non-hydrogen) atoms. The molecule has 2 nitrogen and oxygen atoms in total. The molecule has 1 unspecified atom stereocenters. The molecule has 0 bridgehead atoms. The summed E-state index contributed by atoms with van der Waals surface area (Å²) in [6.45, 7) is -0.154. The van der Waals surface area contributed by atoms with Crippen LogP contribution in [0.1, 0.15) is 17.5 Å². The van der Waals surface area contributed by atoms with Gasteiger partial charge < -0.3 is 10.2 Å². The van der Waals surface area contributed by atoms with Gasteiger partial charge in [0, 0.05) is 10.9 Å². The van der Waals surface area contributed by atoms with Crippen LogP contribution in [0.3, 0.4) is 0 Å². The molecule has 0 aliphatic heterocycles. The van der Waals surface area contributed by atoms with Crippen LogP contribution in [0, 0.1) is 0 Å². The molecule has 2 N–H and O–H groups in total. The highest BCUT2D eigenvalue weighted by atomic mass is 79.9. The van der Waals surface area contributed by atoms with Crippen molar-refractivity contribution in [1.29, 1.82) is 0 Å². The van der Waals surface area contributed by atoms with Crippen LogP contribution in [-0.2, 0) is 12.8 Å². The van der Waals surface area contributed by atoms with Gasteiger partial charge in [-0.05, 0) is 30.0 Å². The number of benzene rings is 1. The van der Waals surface area contributed by atoms with Crippen LogP contribution in [0.5, 0.6) is 0 Å². The minimum atomic E-state index is -0.909. The molecule has 76 valence electrons. The number of fused-ring (bicyclic) bond motifs is 1. The topological polar surface area (TPSA) is 40.5 Å². The lowest BCUT2D eigenvalue weighted by atomic mass is 9.81. The van der Waals surface area contributed by atoms with E-state index < -0.39 is 5.60 Å². The second-order valence-electron chi connectivity index (χ2n) is 3.94. The number of halogens is 1. The maximum absolute atomic E-state index is 9.95. The average molecular weight is 257 g/mol. The summed E-state index contributed by atoms with van der Waals surface area (Å²) < 4.78 is 1.11. The summed E-state index contributed by atoms with van der Waals surface area (Å²) in [6, 6.07) is 5.99. The molecule has 0 spiro atoms. The van der Waals surface area contributed by atoms with Gasteiger partial charge in [-0.25, -0.2) is 0 Å². The fourth-order valence-electron chi connectivity index (χ4n) is 1.98. The monoisotopic (exact) mass is 256 g/mol. The highest BCUT2D eigenvalue weighted by molar-refractivity contribution is 9.10. The zero-order valence-electron chi connectivity index (χ0n) is 7.83. The van der Waals surface area contributed by atoms with Gasteiger partial charge in [0.1, 0.15) is 0 Å². The fourth-order valence-corrected chi connectivity index (χ4v) is 2.59. The Kier molecular flexibility index (Phi) is 2.64. The molecule has 1 aliphatic rings. The molecule has 0 aromatic heterocycles. The van der Waals surface area contributed by atoms with Crippen molar-refractivity contribution in [2.24, 2.45) is 0 Å². The van der Waals surface area contributed by atoms with Crippen molar-refractivity contribution in [3.63, 3.8) is 0 Å². The van der Waals surface area contributed by atoms with Crippen LogP contribution in [0.2, 0.25) is 0 Å². The SMILES string of the molecule is OCC1(O)CCc2c(Br)cccc2C1. The predicted octanol–water partition coefficient (Wildman–Crippen LogP) is 1.66. The summed E-state index contributed by atoms with van der Waals surface area (Å²) in [7, 11) is 0. The van der Waals surface area contributed by atoms with Gasteiger partial charge in [-0.2, -0.15) is 0 Å². The first-order valence-electron chi connectivity index (χ1n) is 4.74. The lowest BCUT2D eigenvalue weighted by Crippen LogP contribution is -2.39. The molecule has 0 heterocycles. The third kappa shape index (κ3) is 1.72. The van der Waals surface area contributed by atoms with E-state index in [0.29, 0.717) is 12.8 Å². The maximum Gasteiger partial charge on any atom is 0.0920 e. The van der Waals surface area contributed by atoms with Gasteiger partial charge in [-0.3, -0.25) is 0 Å². The predicted molar refractivity (Wildman–Crippen MR) is 58.2 cm³/mol. The quantitative estimate of drug-likeness (QED) is 0.803. The van der Waals surface area contributed by atoms with E-state index in [0.717, 1.165) is 16.5 Å². The Morgan fingerprint density at radius 3 is 2.93 bits per heavy atom. The normalized spacial score (nSPS) is 25.9. The summed E-state index contributed by atoms with van der Waals surface area (Å²) in [4.78, 5) is 0. The van der Waals surface area contributed by atoms with Crippen LogP contribution in [0.4, 0.5) is 0 Å². The van der Waals surface area contributed by atoms with Crippen LogP contribution >= 0.6 is 15.9 Å². The van der Waals surface area contributed by atoms with Crippen molar-refractivity contribution in [3.8, 4) is 0 Å². The molecule has 0 saturated heterocycles. The van der Waals surface area contributed by atoms with E-state index in [2.05, 4.69) is 15.9 Å². The van der Waals surface area contributed by atoms with Crippen LogP contribution in [-0.4, -0.2) is 22.4 Å². The van der Waals surface area contributed by atoms with Crippen LogP contribution in [0.15, 0.2) is 22.7 Å². The smallest absolute Gasteiger partial charge is 0.0920 e. The third-order valence-electron chi connectivity index (χ3n) is 2.87. The molecule has 1 aromatic rings. The van der Waals surface area contributed by atoms with Gasteiger partial charge in [0.25, 0.3) is 0 Å². The molecular formula is C11H13BrO2. The molecule has 0 saturated carbocycles. The Balaban J connectivity index is 2.36. The van der Waals surface area contributed by atoms with Gasteiger partial charge in [0.15, 0.2) is 0 Å². The largest absolute Gasteiger partial charge is 0.393 e. The van der Waals surface area contributed by atoms with E-state index in [1.54, 1.807) is 0 Å². The Bertz CT molecular complexity index is 351. The van der Waals surface area contributed by atoms with Gasteiger partial charge >= 0.3 is 0 Å². The highest BCUT2D eigenvalue weighted by Crippen LogP contribution is 2.32. The van der Waals surface area contributed by atoms with Crippen LogP contribution < -0.4 is 0 Å². The molecule has 2 rings (SSSR count). The molecular weight excluding hydrogens is 244 g/mol. The summed E-state index contributed by atoms with van der Waals surface area (Å²) in [5.74, 6) is 0. The molecule has 0 fully saturated rings. The maximum atomic E-state index is 9.95. The third-order valence-corrected chi connectivity index (χ3v) is 3.61. The molecule has 1 aromatic carbocycles. The first kappa shape index (κ1) is 10.1. The number of hydrogen-bond donors (Lipinski definition) is 2. The highest BCUT2D eigenvalue weighted by Gasteiger charge is 2.31. The van der Waals surface area contributed by atoms with Gasteiger partial charge in [0.2, 0.25) is 0 Å². The van der Waals surface area contributed by atoms with Crippen molar-refractivity contribution >= 4 is 15.9 Å². The Labute approximate surface area is 91.7 Å². The molecule has 1 atom stereocenters. The average Bonchev–Trinajstić information content (AvgIpc) is 2.18. The molecule has 0 amide bonds. The van der Waals surface area contributed by atoms with Crippen molar-refractivity contribution in [1.82, 2.24) is 0 Å². The van der Waals surface area contributed by atoms with Gasteiger partial charge in [0.05, 0.1) is 12.2 Å². The zero-order chi connectivity index (χ0) is 10.2. The van der Waals surface area contributed by atoms with E-state index in [1.165, 1.54) is 5.56 Å². The summed E-state index contributed by atoms with van der Waals surface area (Å²) in [6.07, 6.45) is 2.02. The van der Waals surface area contributed by atoms with Crippen molar-refractivity contribution in [2.45, 2.75) is 24.9 Å². The second kappa shape index (κ2) is 3.65. The Hall–Kier alpha value is -0.380. The first-order chi connectivity index (χ1) is 6.64. The summed E-state index contributed by atoms with van der Waals surface area (Å²) >= 11 is 3.50. The van der Waals surface area contributed by atoms with Crippen molar-refractivity contribution in [3.05, 3.63) is 33.8 Å². The number of aliphatic hydroxyl groups is 2. The summed E-state index contributed by atoms with van der Waals surface area (Å²) in [5, 5.41) is 19.0. The van der Waals surface area contributed by atoms with Gasteiger partial charge in [-0.15, -0.1) is 0 Å². The first-order valence-corrected chi connectivity index (χ1v) is 5.53. The molecule has 1 aliphatic carbocycles.